The van der Waals surface area contributed by atoms with Gasteiger partial charge in [-0.05, 0) is 64.4 Å². The lowest BCUT2D eigenvalue weighted by Gasteiger charge is -2.15. The molecule has 4 nitrogen and oxygen atoms in total. The molecule has 0 saturated carbocycles. The molecule has 0 amide bonds. The van der Waals surface area contributed by atoms with Crippen molar-refractivity contribution >= 4 is 0 Å². The quantitative estimate of drug-likeness (QED) is 0.0721. The SMILES string of the molecule is C=C(CO)COOC/C(=C\C=C/C)C(=C)/C=C(/CCCCC)C(=C)C(=C)/C=C\C(=C)C(=C)CO. The normalized spacial score (nSPS) is 12.4. The van der Waals surface area contributed by atoms with Gasteiger partial charge in [0.15, 0.2) is 0 Å². The second-order valence-corrected chi connectivity index (χ2v) is 7.93. The topological polar surface area (TPSA) is 58.9 Å². The van der Waals surface area contributed by atoms with Crippen LogP contribution in [0.2, 0.25) is 0 Å². The highest BCUT2D eigenvalue weighted by molar-refractivity contribution is 5.54. The Balaban J connectivity index is 5.64. The zero-order valence-corrected chi connectivity index (χ0v) is 21.1. The van der Waals surface area contributed by atoms with Crippen molar-refractivity contribution in [3.05, 3.63) is 121 Å². The minimum atomic E-state index is -0.150. The van der Waals surface area contributed by atoms with E-state index in [1.807, 2.05) is 37.3 Å². The van der Waals surface area contributed by atoms with E-state index < -0.39 is 0 Å². The molecule has 0 aliphatic carbocycles. The minimum Gasteiger partial charge on any atom is -0.392 e. The van der Waals surface area contributed by atoms with E-state index in [1.54, 1.807) is 6.08 Å². The van der Waals surface area contributed by atoms with Gasteiger partial charge in [-0.25, -0.2) is 9.78 Å². The van der Waals surface area contributed by atoms with Gasteiger partial charge in [-0.3, -0.25) is 0 Å². The first kappa shape index (κ1) is 31.2. The summed E-state index contributed by atoms with van der Waals surface area (Å²) in [6.07, 6.45) is 15.5. The van der Waals surface area contributed by atoms with Crippen molar-refractivity contribution in [1.82, 2.24) is 0 Å². The summed E-state index contributed by atoms with van der Waals surface area (Å²) in [6.45, 7) is 28.2. The molecule has 0 aromatic heterocycles. The van der Waals surface area contributed by atoms with Gasteiger partial charge in [0.1, 0.15) is 13.2 Å². The smallest absolute Gasteiger partial charge is 0.108 e. The summed E-state index contributed by atoms with van der Waals surface area (Å²) in [4.78, 5) is 10.5. The Kier molecular flexibility index (Phi) is 17.1. The van der Waals surface area contributed by atoms with Crippen LogP contribution in [0.5, 0.6) is 0 Å². The summed E-state index contributed by atoms with van der Waals surface area (Å²) >= 11 is 0. The molecule has 0 bridgehead atoms. The van der Waals surface area contributed by atoms with Crippen LogP contribution in [0.25, 0.3) is 0 Å². The van der Waals surface area contributed by atoms with Crippen molar-refractivity contribution in [2.45, 2.75) is 39.5 Å². The third kappa shape index (κ3) is 13.1. The zero-order valence-electron chi connectivity index (χ0n) is 21.1. The molecule has 0 unspecified atom stereocenters. The van der Waals surface area contributed by atoms with Crippen molar-refractivity contribution in [3.63, 3.8) is 0 Å². The van der Waals surface area contributed by atoms with Crippen LogP contribution in [0.1, 0.15) is 39.5 Å². The molecule has 0 fully saturated rings. The number of aliphatic hydroxyl groups excluding tert-OH is 2. The van der Waals surface area contributed by atoms with E-state index in [0.717, 1.165) is 53.5 Å². The van der Waals surface area contributed by atoms with Crippen LogP contribution >= 0.6 is 0 Å². The van der Waals surface area contributed by atoms with E-state index >= 15 is 0 Å². The van der Waals surface area contributed by atoms with Crippen molar-refractivity contribution in [3.8, 4) is 0 Å². The monoisotopic (exact) mass is 466 g/mol. The average Bonchev–Trinajstić information content (AvgIpc) is 2.84. The van der Waals surface area contributed by atoms with E-state index in [-0.39, 0.29) is 26.4 Å². The number of aliphatic hydroxyl groups is 2. The predicted octanol–water partition coefficient (Wildman–Crippen LogP) is 6.82. The molecule has 2 N–H and O–H groups in total. The van der Waals surface area contributed by atoms with E-state index in [4.69, 9.17) is 14.9 Å². The number of unbranched alkanes of at least 4 members (excludes halogenated alkanes) is 2. The third-order valence-corrected chi connectivity index (χ3v) is 4.99. The molecular weight excluding hydrogens is 424 g/mol. The number of hydrogen-bond donors (Lipinski definition) is 2. The van der Waals surface area contributed by atoms with Gasteiger partial charge in [0.05, 0.1) is 13.2 Å². The van der Waals surface area contributed by atoms with E-state index in [2.05, 4.69) is 46.4 Å². The highest BCUT2D eigenvalue weighted by Crippen LogP contribution is 2.26. The van der Waals surface area contributed by atoms with Crippen LogP contribution in [0.15, 0.2) is 121 Å². The molecule has 0 heterocycles. The van der Waals surface area contributed by atoms with Crippen molar-refractivity contribution < 1.29 is 20.0 Å². The highest BCUT2D eigenvalue weighted by Gasteiger charge is 2.09. The lowest BCUT2D eigenvalue weighted by molar-refractivity contribution is -0.281. The van der Waals surface area contributed by atoms with Gasteiger partial charge in [-0.2, -0.15) is 0 Å². The molecular formula is C30H42O4. The Hall–Kier alpha value is -2.76. The molecule has 0 aromatic carbocycles. The molecule has 0 saturated heterocycles. The van der Waals surface area contributed by atoms with Crippen LogP contribution in [0.3, 0.4) is 0 Å². The van der Waals surface area contributed by atoms with Gasteiger partial charge < -0.3 is 10.2 Å². The van der Waals surface area contributed by atoms with Gasteiger partial charge >= 0.3 is 0 Å². The second kappa shape index (κ2) is 18.6. The lowest BCUT2D eigenvalue weighted by atomic mass is 9.92. The Morgan fingerprint density at radius 1 is 0.794 bits per heavy atom. The summed E-state index contributed by atoms with van der Waals surface area (Å²) in [7, 11) is 0. The Morgan fingerprint density at radius 2 is 1.44 bits per heavy atom. The second-order valence-electron chi connectivity index (χ2n) is 7.93. The summed E-state index contributed by atoms with van der Waals surface area (Å²) in [6, 6.07) is 0. The molecule has 0 rings (SSSR count). The summed E-state index contributed by atoms with van der Waals surface area (Å²) in [5.41, 5.74) is 5.98. The van der Waals surface area contributed by atoms with E-state index in [9.17, 15) is 5.11 Å². The van der Waals surface area contributed by atoms with Crippen LogP contribution in [0.4, 0.5) is 0 Å². The fourth-order valence-corrected chi connectivity index (χ4v) is 2.64. The Morgan fingerprint density at radius 3 is 2.03 bits per heavy atom. The minimum absolute atomic E-state index is 0.120. The van der Waals surface area contributed by atoms with Gasteiger partial charge in [0, 0.05) is 0 Å². The highest BCUT2D eigenvalue weighted by atomic mass is 17.2. The number of hydrogen-bond acceptors (Lipinski definition) is 4. The van der Waals surface area contributed by atoms with E-state index in [1.165, 1.54) is 0 Å². The van der Waals surface area contributed by atoms with Gasteiger partial charge in [-0.15, -0.1) is 0 Å². The Labute approximate surface area is 206 Å². The molecule has 0 radical (unpaired) electrons. The fourth-order valence-electron chi connectivity index (χ4n) is 2.64. The molecule has 0 spiro atoms. The third-order valence-electron chi connectivity index (χ3n) is 4.99. The number of rotatable bonds is 19. The van der Waals surface area contributed by atoms with E-state index in [0.29, 0.717) is 16.7 Å². The van der Waals surface area contributed by atoms with Gasteiger partial charge in [-0.1, -0.05) is 95.7 Å². The molecule has 0 aliphatic heterocycles. The Bertz CT molecular complexity index is 862. The summed E-state index contributed by atoms with van der Waals surface area (Å²) in [5, 5.41) is 18.2. The fraction of sp³-hybridized carbons (Fsp3) is 0.333. The molecule has 0 aromatic rings. The first-order valence-electron chi connectivity index (χ1n) is 11.5. The molecule has 0 atom stereocenters. The molecule has 4 heteroatoms. The maximum atomic E-state index is 9.22. The molecule has 0 aliphatic rings. The van der Waals surface area contributed by atoms with Gasteiger partial charge in [0.2, 0.25) is 0 Å². The summed E-state index contributed by atoms with van der Waals surface area (Å²) < 4.78 is 0. The predicted molar refractivity (Wildman–Crippen MR) is 145 cm³/mol. The van der Waals surface area contributed by atoms with Crippen molar-refractivity contribution in [1.29, 1.82) is 0 Å². The lowest BCUT2D eigenvalue weighted by Crippen LogP contribution is -2.05. The molecule has 186 valence electrons. The van der Waals surface area contributed by atoms with Gasteiger partial charge in [0.25, 0.3) is 0 Å². The first-order chi connectivity index (χ1) is 16.2. The number of allylic oxidation sites excluding steroid dienone is 9. The first-order valence-corrected chi connectivity index (χ1v) is 11.5. The average molecular weight is 467 g/mol. The van der Waals surface area contributed by atoms with Crippen LogP contribution in [0, 0.1) is 0 Å². The molecule has 34 heavy (non-hydrogen) atoms. The van der Waals surface area contributed by atoms with Crippen molar-refractivity contribution in [2.24, 2.45) is 0 Å². The standard InChI is InChI=1S/C30H42O4/c1-9-11-13-15-29(28(8)25(5)17-16-24(4)27(7)20-32)18-26(6)30(14-12-10-2)22-34-33-21-23(3)19-31/h10,12,14,16-18,31-32H,3-9,11,13,15,19-22H2,1-2H3/b12-10-,17-16-,29-18-,30-14+. The van der Waals surface area contributed by atoms with Crippen LogP contribution in [-0.4, -0.2) is 36.6 Å². The largest absolute Gasteiger partial charge is 0.392 e. The van der Waals surface area contributed by atoms with Crippen LogP contribution < -0.4 is 0 Å². The maximum absolute atomic E-state index is 9.22. The maximum Gasteiger partial charge on any atom is 0.108 e. The van der Waals surface area contributed by atoms with Crippen LogP contribution in [-0.2, 0) is 9.78 Å². The zero-order chi connectivity index (χ0) is 25.9. The van der Waals surface area contributed by atoms with Crippen molar-refractivity contribution in [2.75, 3.05) is 26.4 Å². The summed E-state index contributed by atoms with van der Waals surface area (Å²) in [5.74, 6) is 0.